The van der Waals surface area contributed by atoms with E-state index in [4.69, 9.17) is 4.74 Å². The average Bonchev–Trinajstić information content (AvgIpc) is 3.23. The van der Waals surface area contributed by atoms with Crippen LogP contribution in [0.5, 0.6) is 0 Å². The summed E-state index contributed by atoms with van der Waals surface area (Å²) in [6.45, 7) is 6.98. The molecule has 1 aliphatic carbocycles. The van der Waals surface area contributed by atoms with Crippen LogP contribution in [0.1, 0.15) is 39.2 Å². The lowest BCUT2D eigenvalue weighted by Crippen LogP contribution is -2.37. The molecule has 0 spiro atoms. The maximum Gasteiger partial charge on any atom is 0.407 e. The third-order valence-corrected chi connectivity index (χ3v) is 4.79. The highest BCUT2D eigenvalue weighted by molar-refractivity contribution is 6.01. The van der Waals surface area contributed by atoms with E-state index in [1.807, 2.05) is 46.0 Å². The van der Waals surface area contributed by atoms with Gasteiger partial charge in [0.15, 0.2) is 0 Å². The van der Waals surface area contributed by atoms with Crippen molar-refractivity contribution in [2.75, 3.05) is 30.4 Å². The Morgan fingerprint density at radius 1 is 1.28 bits per heavy atom. The zero-order valence-electron chi connectivity index (χ0n) is 15.4. The normalized spacial score (nSPS) is 17.9. The third kappa shape index (κ3) is 4.24. The van der Waals surface area contributed by atoms with Crippen molar-refractivity contribution in [1.82, 2.24) is 5.32 Å². The van der Waals surface area contributed by atoms with E-state index in [1.54, 1.807) is 4.90 Å². The summed E-state index contributed by atoms with van der Waals surface area (Å²) in [5, 5.41) is 6.34. The van der Waals surface area contributed by atoms with Crippen molar-refractivity contribution in [2.24, 2.45) is 5.41 Å². The predicted molar refractivity (Wildman–Crippen MR) is 97.9 cm³/mol. The van der Waals surface area contributed by atoms with E-state index in [9.17, 15) is 9.59 Å². The largest absolute Gasteiger partial charge is 0.444 e. The number of nitrogens with one attached hydrogen (secondary N) is 2. The van der Waals surface area contributed by atoms with Crippen LogP contribution in [0.25, 0.3) is 0 Å². The summed E-state index contributed by atoms with van der Waals surface area (Å²) in [5.74, 6) is 0.132. The number of likely N-dealkylation sites (N-methyl/N-ethyl adjacent to an activating group) is 1. The highest BCUT2D eigenvalue weighted by atomic mass is 16.6. The van der Waals surface area contributed by atoms with Gasteiger partial charge in [-0.2, -0.15) is 0 Å². The molecule has 0 unspecified atom stereocenters. The number of hydrogen-bond acceptors (Lipinski definition) is 4. The van der Waals surface area contributed by atoms with Gasteiger partial charge in [0.25, 0.3) is 0 Å². The number of rotatable bonds is 5. The lowest BCUT2D eigenvalue weighted by molar-refractivity contribution is -0.117. The van der Waals surface area contributed by atoms with Crippen molar-refractivity contribution < 1.29 is 14.3 Å². The second-order valence-corrected chi connectivity index (χ2v) is 8.18. The molecule has 0 saturated heterocycles. The molecule has 1 aromatic rings. The standard InChI is InChI=1S/C19H27N3O3/c1-18(2,3)25-17(24)21-12-19(7-8-19)11-20-14-5-6-15-13(9-14)10-16(23)22(15)4/h5-6,9,20H,7-8,10-12H2,1-4H3,(H,21,24). The molecule has 2 N–H and O–H groups in total. The van der Waals surface area contributed by atoms with Crippen LogP contribution in [0.4, 0.5) is 16.2 Å². The number of alkyl carbamates (subject to hydrolysis) is 1. The Morgan fingerprint density at radius 3 is 2.64 bits per heavy atom. The van der Waals surface area contributed by atoms with Crippen LogP contribution in [-0.2, 0) is 16.0 Å². The minimum atomic E-state index is -0.478. The summed E-state index contributed by atoms with van der Waals surface area (Å²) in [6.07, 6.45) is 2.27. The van der Waals surface area contributed by atoms with Gasteiger partial charge in [-0.05, 0) is 57.4 Å². The van der Waals surface area contributed by atoms with E-state index in [-0.39, 0.29) is 17.4 Å². The first-order valence-corrected chi connectivity index (χ1v) is 8.78. The molecule has 2 amide bonds. The van der Waals surface area contributed by atoms with Crippen LogP contribution in [0, 0.1) is 5.41 Å². The van der Waals surface area contributed by atoms with Crippen molar-refractivity contribution >= 4 is 23.4 Å². The van der Waals surface area contributed by atoms with Crippen LogP contribution in [-0.4, -0.2) is 37.7 Å². The van der Waals surface area contributed by atoms with E-state index in [0.717, 1.165) is 36.3 Å². The topological polar surface area (TPSA) is 70.7 Å². The molecule has 6 nitrogen and oxygen atoms in total. The highest BCUT2D eigenvalue weighted by Gasteiger charge is 2.42. The third-order valence-electron chi connectivity index (χ3n) is 4.79. The van der Waals surface area contributed by atoms with Gasteiger partial charge in [0.05, 0.1) is 6.42 Å². The van der Waals surface area contributed by atoms with Gasteiger partial charge in [-0.25, -0.2) is 4.79 Å². The van der Waals surface area contributed by atoms with E-state index < -0.39 is 5.60 Å². The van der Waals surface area contributed by atoms with E-state index in [2.05, 4.69) is 10.6 Å². The molecule has 3 rings (SSSR count). The molecular weight excluding hydrogens is 318 g/mol. The molecule has 1 aromatic carbocycles. The summed E-state index contributed by atoms with van der Waals surface area (Å²) < 4.78 is 5.29. The smallest absolute Gasteiger partial charge is 0.407 e. The molecule has 1 heterocycles. The van der Waals surface area contributed by atoms with Gasteiger partial charge in [0, 0.05) is 36.9 Å². The number of benzene rings is 1. The van der Waals surface area contributed by atoms with Gasteiger partial charge >= 0.3 is 6.09 Å². The first-order chi connectivity index (χ1) is 11.7. The second kappa shape index (κ2) is 6.24. The highest BCUT2D eigenvalue weighted by Crippen LogP contribution is 2.45. The number of hydrogen-bond donors (Lipinski definition) is 2. The molecule has 2 aliphatic rings. The van der Waals surface area contributed by atoms with E-state index >= 15 is 0 Å². The Hall–Kier alpha value is -2.24. The van der Waals surface area contributed by atoms with Gasteiger partial charge in [0.2, 0.25) is 5.91 Å². The van der Waals surface area contributed by atoms with Crippen molar-refractivity contribution in [2.45, 2.75) is 45.6 Å². The fraction of sp³-hybridized carbons (Fsp3) is 0.579. The molecule has 1 fully saturated rings. The number of amides is 2. The molecule has 0 atom stereocenters. The number of nitrogens with zero attached hydrogens (tertiary/aromatic N) is 1. The van der Waals surface area contributed by atoms with Crippen molar-refractivity contribution in [3.63, 3.8) is 0 Å². The maximum atomic E-state index is 11.8. The molecule has 1 saturated carbocycles. The molecule has 1 aliphatic heterocycles. The van der Waals surface area contributed by atoms with E-state index in [0.29, 0.717) is 13.0 Å². The Balaban J connectivity index is 1.51. The summed E-state index contributed by atoms with van der Waals surface area (Å²) in [6, 6.07) is 6.04. The number of anilines is 2. The lowest BCUT2D eigenvalue weighted by atomic mass is 10.1. The second-order valence-electron chi connectivity index (χ2n) is 8.18. The number of ether oxygens (including phenoxy) is 1. The van der Waals surface area contributed by atoms with Gasteiger partial charge < -0.3 is 20.3 Å². The van der Waals surface area contributed by atoms with Crippen molar-refractivity contribution in [1.29, 1.82) is 0 Å². The zero-order valence-corrected chi connectivity index (χ0v) is 15.4. The quantitative estimate of drug-likeness (QED) is 0.861. The van der Waals surface area contributed by atoms with Gasteiger partial charge in [-0.3, -0.25) is 4.79 Å². The first-order valence-electron chi connectivity index (χ1n) is 8.78. The maximum absolute atomic E-state index is 11.8. The first kappa shape index (κ1) is 17.6. The predicted octanol–water partition coefficient (Wildman–Crippen LogP) is 2.92. The Morgan fingerprint density at radius 2 is 2.00 bits per heavy atom. The summed E-state index contributed by atoms with van der Waals surface area (Å²) >= 11 is 0. The van der Waals surface area contributed by atoms with Crippen molar-refractivity contribution in [3.05, 3.63) is 23.8 Å². The average molecular weight is 345 g/mol. The van der Waals surface area contributed by atoms with Crippen LogP contribution >= 0.6 is 0 Å². The summed E-state index contributed by atoms with van der Waals surface area (Å²) in [4.78, 5) is 25.3. The number of carbonyl (C=O) groups excluding carboxylic acids is 2. The Labute approximate surface area is 148 Å². The van der Waals surface area contributed by atoms with Crippen LogP contribution < -0.4 is 15.5 Å². The minimum Gasteiger partial charge on any atom is -0.444 e. The SMILES string of the molecule is CN1C(=O)Cc2cc(NCC3(CNC(=O)OC(C)(C)C)CC3)ccc21. The summed E-state index contributed by atoms with van der Waals surface area (Å²) in [7, 11) is 1.81. The molecule has 0 bridgehead atoms. The molecular formula is C19H27N3O3. The van der Waals surface area contributed by atoms with Crippen LogP contribution in [0.2, 0.25) is 0 Å². The molecule has 6 heteroatoms. The molecule has 25 heavy (non-hydrogen) atoms. The van der Waals surface area contributed by atoms with Gasteiger partial charge in [-0.15, -0.1) is 0 Å². The minimum absolute atomic E-state index is 0.0997. The molecule has 0 aromatic heterocycles. The van der Waals surface area contributed by atoms with Crippen LogP contribution in [0.15, 0.2) is 18.2 Å². The Bertz CT molecular complexity index is 690. The van der Waals surface area contributed by atoms with Gasteiger partial charge in [0.1, 0.15) is 5.60 Å². The zero-order chi connectivity index (χ0) is 18.2. The van der Waals surface area contributed by atoms with E-state index in [1.165, 1.54) is 0 Å². The van der Waals surface area contributed by atoms with Crippen LogP contribution in [0.3, 0.4) is 0 Å². The number of carbonyl (C=O) groups is 2. The molecule has 136 valence electrons. The van der Waals surface area contributed by atoms with Crippen molar-refractivity contribution in [3.8, 4) is 0 Å². The number of fused-ring (bicyclic) bond motifs is 1. The van der Waals surface area contributed by atoms with Gasteiger partial charge in [-0.1, -0.05) is 0 Å². The fourth-order valence-electron chi connectivity index (χ4n) is 3.04. The fourth-order valence-corrected chi connectivity index (χ4v) is 3.04. The lowest BCUT2D eigenvalue weighted by Gasteiger charge is -2.22. The Kier molecular flexibility index (Phi) is 4.39. The summed E-state index contributed by atoms with van der Waals surface area (Å²) in [5.41, 5.74) is 2.69. The monoisotopic (exact) mass is 345 g/mol. The molecule has 0 radical (unpaired) electrons.